The molecule has 1 heterocycles. The monoisotopic (exact) mass is 302 g/mol. The zero-order chi connectivity index (χ0) is 14.7. The van der Waals surface area contributed by atoms with Crippen LogP contribution in [-0.4, -0.2) is 15.0 Å². The molecule has 1 aromatic heterocycles. The van der Waals surface area contributed by atoms with Gasteiger partial charge in [-0.1, -0.05) is 49.4 Å². The molecule has 4 nitrogen and oxygen atoms in total. The van der Waals surface area contributed by atoms with Crippen LogP contribution in [0.3, 0.4) is 0 Å². The molecule has 110 valence electrons. The normalized spacial score (nSPS) is 16.6. The number of anilines is 1. The molecule has 5 heteroatoms. The van der Waals surface area contributed by atoms with E-state index >= 15 is 0 Å². The van der Waals surface area contributed by atoms with Crippen molar-refractivity contribution in [1.82, 2.24) is 15.0 Å². The Balaban J connectivity index is 1.98. The second-order valence-electron chi connectivity index (χ2n) is 5.54. The van der Waals surface area contributed by atoms with Crippen molar-refractivity contribution in [2.75, 3.05) is 5.73 Å². The molecule has 0 saturated heterocycles. The van der Waals surface area contributed by atoms with Crippen molar-refractivity contribution >= 4 is 17.5 Å². The van der Waals surface area contributed by atoms with Gasteiger partial charge in [-0.25, -0.2) is 4.98 Å². The van der Waals surface area contributed by atoms with E-state index in [0.717, 1.165) is 24.2 Å². The van der Waals surface area contributed by atoms with Crippen LogP contribution >= 0.6 is 11.6 Å². The number of nitrogen functional groups attached to an aromatic ring is 1. The molecule has 0 spiro atoms. The number of rotatable bonds is 2. The Morgan fingerprint density at radius 2 is 1.67 bits per heavy atom. The molecule has 3 rings (SSSR count). The number of nitrogens with two attached hydrogens (primary N) is 1. The van der Waals surface area contributed by atoms with E-state index < -0.39 is 0 Å². The van der Waals surface area contributed by atoms with Crippen LogP contribution in [-0.2, 0) is 0 Å². The van der Waals surface area contributed by atoms with Crippen molar-refractivity contribution in [2.45, 2.75) is 44.4 Å². The highest BCUT2D eigenvalue weighted by Gasteiger charge is 2.19. The second-order valence-corrected chi connectivity index (χ2v) is 5.95. The quantitative estimate of drug-likeness (QED) is 0.844. The Labute approximate surface area is 129 Å². The fraction of sp³-hybridized carbons (Fsp3) is 0.438. The zero-order valence-corrected chi connectivity index (χ0v) is 12.7. The summed E-state index contributed by atoms with van der Waals surface area (Å²) in [5.74, 6) is 2.06. The summed E-state index contributed by atoms with van der Waals surface area (Å²) in [6, 6.07) is 7.56. The summed E-state index contributed by atoms with van der Waals surface area (Å²) in [5.41, 5.74) is 6.70. The Morgan fingerprint density at radius 3 is 2.38 bits per heavy atom. The first-order chi connectivity index (χ1) is 10.2. The minimum absolute atomic E-state index is 0.277. The minimum Gasteiger partial charge on any atom is -0.368 e. The number of halogens is 1. The summed E-state index contributed by atoms with van der Waals surface area (Å²) in [6.07, 6.45) is 7.33. The fourth-order valence-corrected chi connectivity index (χ4v) is 3.11. The molecule has 1 aliphatic carbocycles. The third-order valence-electron chi connectivity index (χ3n) is 4.01. The maximum Gasteiger partial charge on any atom is 0.223 e. The lowest BCUT2D eigenvalue weighted by atomic mass is 9.99. The molecule has 2 aromatic rings. The lowest BCUT2D eigenvalue weighted by molar-refractivity contribution is 0.559. The van der Waals surface area contributed by atoms with E-state index in [1.807, 2.05) is 24.3 Å². The predicted molar refractivity (Wildman–Crippen MR) is 85.1 cm³/mol. The standard InChI is InChI=1S/C16H19ClN4/c17-13-10-6-5-9-12(13)15-19-14(20-16(18)21-15)11-7-3-1-2-4-8-11/h5-6,9-11H,1-4,7-8H2,(H2,18,19,20,21). The average molecular weight is 303 g/mol. The number of hydrogen-bond donors (Lipinski definition) is 1. The fourth-order valence-electron chi connectivity index (χ4n) is 2.89. The van der Waals surface area contributed by atoms with Crippen molar-refractivity contribution in [3.05, 3.63) is 35.1 Å². The largest absolute Gasteiger partial charge is 0.368 e. The summed E-state index contributed by atoms with van der Waals surface area (Å²) in [5, 5.41) is 0.634. The van der Waals surface area contributed by atoms with Crippen molar-refractivity contribution in [3.63, 3.8) is 0 Å². The smallest absolute Gasteiger partial charge is 0.223 e. The topological polar surface area (TPSA) is 64.7 Å². The molecule has 1 saturated carbocycles. The third kappa shape index (κ3) is 3.32. The van der Waals surface area contributed by atoms with E-state index in [9.17, 15) is 0 Å². The first-order valence-electron chi connectivity index (χ1n) is 7.50. The first kappa shape index (κ1) is 14.3. The van der Waals surface area contributed by atoms with Gasteiger partial charge in [0.1, 0.15) is 5.82 Å². The summed E-state index contributed by atoms with van der Waals surface area (Å²) in [7, 11) is 0. The highest BCUT2D eigenvalue weighted by Crippen LogP contribution is 2.31. The van der Waals surface area contributed by atoms with Gasteiger partial charge in [-0.15, -0.1) is 0 Å². The van der Waals surface area contributed by atoms with Gasteiger partial charge in [0.15, 0.2) is 5.82 Å². The molecular weight excluding hydrogens is 284 g/mol. The van der Waals surface area contributed by atoms with Gasteiger partial charge < -0.3 is 5.73 Å². The second kappa shape index (κ2) is 6.39. The third-order valence-corrected chi connectivity index (χ3v) is 4.33. The van der Waals surface area contributed by atoms with E-state index in [4.69, 9.17) is 17.3 Å². The molecule has 0 bridgehead atoms. The van der Waals surface area contributed by atoms with Crippen LogP contribution in [0.25, 0.3) is 11.4 Å². The van der Waals surface area contributed by atoms with E-state index in [-0.39, 0.29) is 5.95 Å². The van der Waals surface area contributed by atoms with Crippen molar-refractivity contribution in [1.29, 1.82) is 0 Å². The van der Waals surface area contributed by atoms with E-state index in [0.29, 0.717) is 16.8 Å². The molecular formula is C16H19ClN4. The van der Waals surface area contributed by atoms with Crippen molar-refractivity contribution in [2.24, 2.45) is 0 Å². The number of benzene rings is 1. The molecule has 21 heavy (non-hydrogen) atoms. The Bertz CT molecular complexity index is 621. The first-order valence-corrected chi connectivity index (χ1v) is 7.88. The van der Waals surface area contributed by atoms with Gasteiger partial charge >= 0.3 is 0 Å². The zero-order valence-electron chi connectivity index (χ0n) is 11.9. The van der Waals surface area contributed by atoms with Gasteiger partial charge in [0.25, 0.3) is 0 Å². The SMILES string of the molecule is Nc1nc(-c2ccccc2Cl)nc(C2CCCCCC2)n1. The van der Waals surface area contributed by atoms with Crippen LogP contribution in [0.4, 0.5) is 5.95 Å². The van der Waals surface area contributed by atoms with Crippen LogP contribution in [0.2, 0.25) is 5.02 Å². The van der Waals surface area contributed by atoms with E-state index in [2.05, 4.69) is 15.0 Å². The predicted octanol–water partition coefficient (Wildman–Crippen LogP) is 4.21. The summed E-state index contributed by atoms with van der Waals surface area (Å²) < 4.78 is 0. The van der Waals surface area contributed by atoms with Crippen LogP contribution in [0, 0.1) is 0 Å². The van der Waals surface area contributed by atoms with Gasteiger partial charge in [0.2, 0.25) is 5.95 Å². The van der Waals surface area contributed by atoms with Gasteiger partial charge in [-0.05, 0) is 25.0 Å². The summed E-state index contributed by atoms with van der Waals surface area (Å²) in [4.78, 5) is 13.3. The Hall–Kier alpha value is -1.68. The van der Waals surface area contributed by atoms with Crippen LogP contribution < -0.4 is 5.73 Å². The molecule has 0 atom stereocenters. The molecule has 0 amide bonds. The highest BCUT2D eigenvalue weighted by molar-refractivity contribution is 6.33. The van der Waals surface area contributed by atoms with Crippen LogP contribution in [0.5, 0.6) is 0 Å². The van der Waals surface area contributed by atoms with Gasteiger partial charge in [0, 0.05) is 11.5 Å². The molecule has 0 aliphatic heterocycles. The highest BCUT2D eigenvalue weighted by atomic mass is 35.5. The molecule has 2 N–H and O–H groups in total. The lowest BCUT2D eigenvalue weighted by Crippen LogP contribution is -2.09. The molecule has 1 aliphatic rings. The molecule has 1 fully saturated rings. The van der Waals surface area contributed by atoms with E-state index in [1.54, 1.807) is 0 Å². The van der Waals surface area contributed by atoms with Crippen molar-refractivity contribution < 1.29 is 0 Å². The lowest BCUT2D eigenvalue weighted by Gasteiger charge is -2.14. The summed E-state index contributed by atoms with van der Waals surface area (Å²) in [6.45, 7) is 0. The van der Waals surface area contributed by atoms with E-state index in [1.165, 1.54) is 25.7 Å². The number of hydrogen-bond acceptors (Lipinski definition) is 4. The van der Waals surface area contributed by atoms with Crippen molar-refractivity contribution in [3.8, 4) is 11.4 Å². The van der Waals surface area contributed by atoms with Crippen LogP contribution in [0.15, 0.2) is 24.3 Å². The maximum atomic E-state index is 6.23. The van der Waals surface area contributed by atoms with Gasteiger partial charge in [-0.2, -0.15) is 9.97 Å². The maximum absolute atomic E-state index is 6.23. The van der Waals surface area contributed by atoms with Gasteiger partial charge in [-0.3, -0.25) is 0 Å². The molecule has 0 radical (unpaired) electrons. The van der Waals surface area contributed by atoms with Gasteiger partial charge in [0.05, 0.1) is 5.02 Å². The Kier molecular flexibility index (Phi) is 4.34. The average Bonchev–Trinajstić information content (AvgIpc) is 2.76. The molecule has 1 aromatic carbocycles. The Morgan fingerprint density at radius 1 is 0.952 bits per heavy atom. The number of aromatic nitrogens is 3. The van der Waals surface area contributed by atoms with Crippen LogP contribution in [0.1, 0.15) is 50.3 Å². The summed E-state index contributed by atoms with van der Waals surface area (Å²) >= 11 is 6.23. The minimum atomic E-state index is 0.277. The number of nitrogens with zero attached hydrogens (tertiary/aromatic N) is 3. The molecule has 0 unspecified atom stereocenters.